The molecule has 0 spiro atoms. The highest BCUT2D eigenvalue weighted by Gasteiger charge is 2.42. The average molecular weight is 239 g/mol. The van der Waals surface area contributed by atoms with Crippen molar-refractivity contribution in [1.29, 1.82) is 0 Å². The van der Waals surface area contributed by atoms with Crippen molar-refractivity contribution >= 4 is 0 Å². The predicted molar refractivity (Wildman–Crippen MR) is 73.4 cm³/mol. The molecule has 2 aliphatic heterocycles. The van der Waals surface area contributed by atoms with Crippen LogP contribution in [0, 0.1) is 0 Å². The highest BCUT2D eigenvalue weighted by molar-refractivity contribution is 5.00. The zero-order valence-corrected chi connectivity index (χ0v) is 12.0. The van der Waals surface area contributed by atoms with Crippen LogP contribution in [0.1, 0.15) is 40.5 Å². The molecule has 0 aliphatic carbocycles. The molecular formula is C14H29N3. The van der Waals surface area contributed by atoms with Crippen molar-refractivity contribution in [3.05, 3.63) is 0 Å². The lowest BCUT2D eigenvalue weighted by Crippen LogP contribution is -2.65. The Hall–Kier alpha value is -0.120. The Bertz CT molecular complexity index is 244. The molecule has 2 rings (SSSR count). The van der Waals surface area contributed by atoms with E-state index in [1.54, 1.807) is 0 Å². The number of hydrogen-bond donors (Lipinski definition) is 1. The molecular weight excluding hydrogens is 210 g/mol. The van der Waals surface area contributed by atoms with Crippen LogP contribution in [-0.2, 0) is 0 Å². The molecule has 17 heavy (non-hydrogen) atoms. The summed E-state index contributed by atoms with van der Waals surface area (Å²) in [4.78, 5) is 5.41. The van der Waals surface area contributed by atoms with Crippen LogP contribution in [-0.4, -0.2) is 60.1 Å². The van der Waals surface area contributed by atoms with Crippen LogP contribution >= 0.6 is 0 Å². The second-order valence-electron chi connectivity index (χ2n) is 6.38. The first kappa shape index (κ1) is 13.3. The molecule has 0 aromatic rings. The van der Waals surface area contributed by atoms with Gasteiger partial charge in [0.25, 0.3) is 0 Å². The van der Waals surface area contributed by atoms with Crippen LogP contribution in [0.25, 0.3) is 0 Å². The maximum atomic E-state index is 3.46. The van der Waals surface area contributed by atoms with E-state index < -0.39 is 0 Å². The minimum atomic E-state index is 0.323. The highest BCUT2D eigenvalue weighted by atomic mass is 15.3. The molecule has 0 saturated carbocycles. The maximum Gasteiger partial charge on any atom is 0.0311 e. The van der Waals surface area contributed by atoms with E-state index in [2.05, 4.69) is 42.8 Å². The fourth-order valence-electron chi connectivity index (χ4n) is 3.83. The molecule has 2 heterocycles. The third-order valence-corrected chi connectivity index (χ3v) is 4.65. The van der Waals surface area contributed by atoms with E-state index in [1.165, 1.54) is 32.5 Å². The number of nitrogens with zero attached hydrogens (tertiary/aromatic N) is 2. The van der Waals surface area contributed by atoms with Gasteiger partial charge in [-0.1, -0.05) is 0 Å². The van der Waals surface area contributed by atoms with E-state index in [4.69, 9.17) is 0 Å². The van der Waals surface area contributed by atoms with Crippen LogP contribution in [0.4, 0.5) is 0 Å². The van der Waals surface area contributed by atoms with Crippen molar-refractivity contribution in [1.82, 2.24) is 15.1 Å². The van der Waals surface area contributed by atoms with E-state index >= 15 is 0 Å². The monoisotopic (exact) mass is 239 g/mol. The largest absolute Gasteiger partial charge is 0.314 e. The van der Waals surface area contributed by atoms with Gasteiger partial charge < -0.3 is 5.32 Å². The summed E-state index contributed by atoms with van der Waals surface area (Å²) >= 11 is 0. The average Bonchev–Trinajstić information content (AvgIpc) is 2.28. The van der Waals surface area contributed by atoms with Gasteiger partial charge in [0.05, 0.1) is 0 Å². The van der Waals surface area contributed by atoms with Gasteiger partial charge in [-0.3, -0.25) is 9.80 Å². The fraction of sp³-hybridized carbons (Fsp3) is 1.00. The first-order valence-electron chi connectivity index (χ1n) is 7.25. The lowest BCUT2D eigenvalue weighted by atomic mass is 9.82. The van der Waals surface area contributed by atoms with Gasteiger partial charge in [0.2, 0.25) is 0 Å². The van der Waals surface area contributed by atoms with Crippen molar-refractivity contribution < 1.29 is 0 Å². The number of likely N-dealkylation sites (tertiary alicyclic amines) is 1. The zero-order valence-electron chi connectivity index (χ0n) is 12.0. The molecule has 1 unspecified atom stereocenters. The van der Waals surface area contributed by atoms with Crippen LogP contribution in [0.15, 0.2) is 0 Å². The van der Waals surface area contributed by atoms with Crippen molar-refractivity contribution in [2.24, 2.45) is 0 Å². The van der Waals surface area contributed by atoms with Gasteiger partial charge in [-0.15, -0.1) is 0 Å². The van der Waals surface area contributed by atoms with Gasteiger partial charge in [-0.2, -0.15) is 0 Å². The highest BCUT2D eigenvalue weighted by Crippen LogP contribution is 2.33. The summed E-state index contributed by atoms with van der Waals surface area (Å²) in [6.45, 7) is 15.6. The first-order valence-corrected chi connectivity index (χ1v) is 7.25. The van der Waals surface area contributed by atoms with Crippen LogP contribution < -0.4 is 5.32 Å². The van der Waals surface area contributed by atoms with E-state index in [9.17, 15) is 0 Å². The molecule has 2 aliphatic rings. The van der Waals surface area contributed by atoms with Crippen LogP contribution in [0.2, 0.25) is 0 Å². The zero-order chi connectivity index (χ0) is 12.5. The molecule has 0 aromatic heterocycles. The van der Waals surface area contributed by atoms with Gasteiger partial charge in [0.1, 0.15) is 0 Å². The summed E-state index contributed by atoms with van der Waals surface area (Å²) in [6, 6.07) is 1.40. The molecule has 0 bridgehead atoms. The predicted octanol–water partition coefficient (Wildman–Crippen LogP) is 1.54. The third kappa shape index (κ3) is 2.67. The Labute approximate surface area is 107 Å². The Morgan fingerprint density at radius 3 is 2.35 bits per heavy atom. The summed E-state index contributed by atoms with van der Waals surface area (Å²) in [7, 11) is 0. The normalized spacial score (nSPS) is 31.9. The van der Waals surface area contributed by atoms with Crippen molar-refractivity contribution in [3.63, 3.8) is 0 Å². The van der Waals surface area contributed by atoms with E-state index in [-0.39, 0.29) is 0 Å². The summed E-state index contributed by atoms with van der Waals surface area (Å²) in [5, 5.41) is 3.46. The van der Waals surface area contributed by atoms with Crippen LogP contribution in [0.5, 0.6) is 0 Å². The lowest BCUT2D eigenvalue weighted by molar-refractivity contribution is -0.0366. The molecule has 2 saturated heterocycles. The fourth-order valence-corrected chi connectivity index (χ4v) is 3.83. The molecule has 3 nitrogen and oxygen atoms in total. The minimum Gasteiger partial charge on any atom is -0.314 e. The Morgan fingerprint density at radius 1 is 1.12 bits per heavy atom. The first-order chi connectivity index (χ1) is 8.03. The second kappa shape index (κ2) is 5.25. The van der Waals surface area contributed by atoms with E-state index in [0.717, 1.165) is 19.1 Å². The Kier molecular flexibility index (Phi) is 4.11. The number of hydrogen-bond acceptors (Lipinski definition) is 3. The quantitative estimate of drug-likeness (QED) is 0.788. The van der Waals surface area contributed by atoms with Crippen molar-refractivity contribution in [3.8, 4) is 0 Å². The van der Waals surface area contributed by atoms with Gasteiger partial charge in [-0.25, -0.2) is 0 Å². The smallest absolute Gasteiger partial charge is 0.0311 e. The lowest BCUT2D eigenvalue weighted by Gasteiger charge is -2.54. The van der Waals surface area contributed by atoms with Gasteiger partial charge >= 0.3 is 0 Å². The minimum absolute atomic E-state index is 0.323. The Balaban J connectivity index is 2.09. The van der Waals surface area contributed by atoms with Gasteiger partial charge in [0.15, 0.2) is 0 Å². The summed E-state index contributed by atoms with van der Waals surface area (Å²) in [6.07, 6.45) is 2.73. The second-order valence-corrected chi connectivity index (χ2v) is 6.38. The molecule has 1 atom stereocenters. The number of piperazine rings is 1. The van der Waals surface area contributed by atoms with Crippen LogP contribution in [0.3, 0.4) is 0 Å². The topological polar surface area (TPSA) is 18.5 Å². The van der Waals surface area contributed by atoms with Crippen molar-refractivity contribution in [2.45, 2.75) is 58.2 Å². The summed E-state index contributed by atoms with van der Waals surface area (Å²) < 4.78 is 0. The molecule has 100 valence electrons. The van der Waals surface area contributed by atoms with Crippen molar-refractivity contribution in [2.75, 3.05) is 32.7 Å². The maximum absolute atomic E-state index is 3.46. The van der Waals surface area contributed by atoms with Gasteiger partial charge in [-0.05, 0) is 47.1 Å². The standard InChI is InChI=1S/C14H29N3/c1-12(2)17-9-5-6-13(14(17,3)4)16-10-7-15-8-11-16/h12-13,15H,5-11H2,1-4H3. The summed E-state index contributed by atoms with van der Waals surface area (Å²) in [5.74, 6) is 0. The van der Waals surface area contributed by atoms with E-state index in [1.807, 2.05) is 0 Å². The molecule has 1 N–H and O–H groups in total. The molecule has 2 fully saturated rings. The third-order valence-electron chi connectivity index (χ3n) is 4.65. The molecule has 0 aromatic carbocycles. The van der Waals surface area contributed by atoms with E-state index in [0.29, 0.717) is 11.6 Å². The summed E-state index contributed by atoms with van der Waals surface area (Å²) in [5.41, 5.74) is 0.323. The van der Waals surface area contributed by atoms with Gasteiger partial charge in [0, 0.05) is 43.8 Å². The molecule has 0 radical (unpaired) electrons. The molecule has 0 amide bonds. The molecule has 3 heteroatoms. The number of piperidine rings is 1. The number of nitrogens with one attached hydrogen (secondary N) is 1. The SMILES string of the molecule is CC(C)N1CCCC(N2CCNCC2)C1(C)C. The Morgan fingerprint density at radius 2 is 1.76 bits per heavy atom. The number of rotatable bonds is 2.